The molecule has 0 aliphatic heterocycles. The van der Waals surface area contributed by atoms with Gasteiger partial charge in [-0.2, -0.15) is 13.2 Å². The number of hydrogen-bond donors (Lipinski definition) is 0. The van der Waals surface area contributed by atoms with Gasteiger partial charge in [-0.15, -0.1) is 0 Å². The summed E-state index contributed by atoms with van der Waals surface area (Å²) in [6.07, 6.45) is -3.52. The van der Waals surface area contributed by atoms with Crippen LogP contribution in [0.5, 0.6) is 0 Å². The zero-order valence-electron chi connectivity index (χ0n) is 9.41. The van der Waals surface area contributed by atoms with Crippen molar-refractivity contribution in [3.05, 3.63) is 53.6 Å². The summed E-state index contributed by atoms with van der Waals surface area (Å²) < 4.78 is 51.7. The van der Waals surface area contributed by atoms with Crippen LogP contribution in [0.4, 0.5) is 17.6 Å². The fraction of sp³-hybridized carbons (Fsp3) is 0.0769. The highest BCUT2D eigenvalue weighted by Gasteiger charge is 2.33. The van der Waals surface area contributed by atoms with E-state index in [2.05, 4.69) is 4.98 Å². The topological polar surface area (TPSA) is 30.0 Å². The SMILES string of the molecule is O=Cc1ncc(F)cc1-c1ccccc1C(F)(F)F. The van der Waals surface area contributed by atoms with Crippen LogP contribution in [0.15, 0.2) is 36.5 Å². The summed E-state index contributed by atoms with van der Waals surface area (Å²) in [6, 6.07) is 5.51. The van der Waals surface area contributed by atoms with Gasteiger partial charge in [0, 0.05) is 5.56 Å². The van der Waals surface area contributed by atoms with Gasteiger partial charge in [0.1, 0.15) is 11.5 Å². The second kappa shape index (κ2) is 4.79. The minimum atomic E-state index is -4.59. The van der Waals surface area contributed by atoms with Crippen LogP contribution in [0.2, 0.25) is 0 Å². The van der Waals surface area contributed by atoms with E-state index in [0.29, 0.717) is 6.29 Å². The molecule has 2 rings (SSSR count). The first-order valence-corrected chi connectivity index (χ1v) is 5.21. The molecule has 0 bridgehead atoms. The predicted octanol–water partition coefficient (Wildman–Crippen LogP) is 3.72. The molecule has 0 aliphatic carbocycles. The summed E-state index contributed by atoms with van der Waals surface area (Å²) in [7, 11) is 0. The van der Waals surface area contributed by atoms with Gasteiger partial charge in [-0.1, -0.05) is 18.2 Å². The molecule has 19 heavy (non-hydrogen) atoms. The Kier molecular flexibility index (Phi) is 3.33. The highest BCUT2D eigenvalue weighted by atomic mass is 19.4. The maximum atomic E-state index is 13.1. The summed E-state index contributed by atoms with van der Waals surface area (Å²) >= 11 is 0. The third kappa shape index (κ3) is 2.62. The minimum Gasteiger partial charge on any atom is -0.296 e. The Bertz CT molecular complexity index is 622. The summed E-state index contributed by atoms with van der Waals surface area (Å²) in [4.78, 5) is 14.3. The zero-order valence-corrected chi connectivity index (χ0v) is 9.41. The standard InChI is InChI=1S/C13H7F4NO/c14-8-5-10(12(7-19)18-6-8)9-3-1-2-4-11(9)13(15,16)17/h1-7H. The lowest BCUT2D eigenvalue weighted by molar-refractivity contribution is -0.137. The lowest BCUT2D eigenvalue weighted by Gasteiger charge is -2.13. The molecule has 1 heterocycles. The zero-order chi connectivity index (χ0) is 14.0. The van der Waals surface area contributed by atoms with E-state index in [1.807, 2.05) is 0 Å². The van der Waals surface area contributed by atoms with Gasteiger partial charge in [0.25, 0.3) is 0 Å². The molecule has 0 radical (unpaired) electrons. The molecule has 0 aliphatic rings. The molecule has 0 atom stereocenters. The summed E-state index contributed by atoms with van der Waals surface area (Å²) in [5.41, 5.74) is -1.63. The van der Waals surface area contributed by atoms with Crippen LogP contribution in [0.3, 0.4) is 0 Å². The van der Waals surface area contributed by atoms with Crippen LogP contribution in [0.1, 0.15) is 16.1 Å². The van der Waals surface area contributed by atoms with Gasteiger partial charge in [-0.3, -0.25) is 4.79 Å². The third-order valence-electron chi connectivity index (χ3n) is 2.52. The number of benzene rings is 1. The monoisotopic (exact) mass is 269 g/mol. The summed E-state index contributed by atoms with van der Waals surface area (Å²) in [5.74, 6) is -0.808. The van der Waals surface area contributed by atoms with E-state index in [9.17, 15) is 22.4 Å². The maximum absolute atomic E-state index is 13.1. The van der Waals surface area contributed by atoms with E-state index < -0.39 is 17.6 Å². The molecule has 2 aromatic rings. The Morgan fingerprint density at radius 2 is 1.79 bits per heavy atom. The Hall–Kier alpha value is -2.24. The van der Waals surface area contributed by atoms with Gasteiger partial charge in [-0.25, -0.2) is 9.37 Å². The molecule has 0 unspecified atom stereocenters. The number of halogens is 4. The fourth-order valence-electron chi connectivity index (χ4n) is 1.72. The van der Waals surface area contributed by atoms with Crippen molar-refractivity contribution in [3.8, 4) is 11.1 Å². The van der Waals surface area contributed by atoms with Gasteiger partial charge in [0.2, 0.25) is 0 Å². The molecule has 0 N–H and O–H groups in total. The molecule has 1 aromatic heterocycles. The first kappa shape index (κ1) is 13.2. The number of carbonyl (C=O) groups excluding carboxylic acids is 1. The van der Waals surface area contributed by atoms with Crippen molar-refractivity contribution in [2.75, 3.05) is 0 Å². The predicted molar refractivity (Wildman–Crippen MR) is 60.0 cm³/mol. The Morgan fingerprint density at radius 3 is 2.42 bits per heavy atom. The van der Waals surface area contributed by atoms with E-state index in [1.54, 1.807) is 0 Å². The molecule has 0 saturated heterocycles. The van der Waals surface area contributed by atoms with E-state index in [0.717, 1.165) is 18.3 Å². The van der Waals surface area contributed by atoms with Crippen LogP contribution in [0, 0.1) is 5.82 Å². The quantitative estimate of drug-likeness (QED) is 0.614. The van der Waals surface area contributed by atoms with Crippen LogP contribution >= 0.6 is 0 Å². The highest BCUT2D eigenvalue weighted by Crippen LogP contribution is 2.37. The van der Waals surface area contributed by atoms with Gasteiger partial charge >= 0.3 is 6.18 Å². The van der Waals surface area contributed by atoms with Crippen molar-refractivity contribution in [2.45, 2.75) is 6.18 Å². The Labute approximate surface area is 105 Å². The summed E-state index contributed by atoms with van der Waals surface area (Å²) in [5, 5.41) is 0. The average Bonchev–Trinajstić information content (AvgIpc) is 2.37. The van der Waals surface area contributed by atoms with Gasteiger partial charge in [-0.05, 0) is 17.7 Å². The lowest BCUT2D eigenvalue weighted by atomic mass is 9.98. The van der Waals surface area contributed by atoms with E-state index in [-0.39, 0.29) is 16.8 Å². The summed E-state index contributed by atoms with van der Waals surface area (Å²) in [6.45, 7) is 0. The molecule has 0 fully saturated rings. The Morgan fingerprint density at radius 1 is 1.11 bits per heavy atom. The first-order chi connectivity index (χ1) is 8.93. The fourth-order valence-corrected chi connectivity index (χ4v) is 1.72. The lowest BCUT2D eigenvalue weighted by Crippen LogP contribution is -2.08. The van der Waals surface area contributed by atoms with E-state index >= 15 is 0 Å². The number of pyridine rings is 1. The van der Waals surface area contributed by atoms with Crippen LogP contribution in [-0.4, -0.2) is 11.3 Å². The van der Waals surface area contributed by atoms with Gasteiger partial charge < -0.3 is 0 Å². The van der Waals surface area contributed by atoms with Crippen molar-refractivity contribution < 1.29 is 22.4 Å². The number of carbonyl (C=O) groups is 1. The molecular formula is C13H7F4NO. The molecule has 2 nitrogen and oxygen atoms in total. The Balaban J connectivity index is 2.72. The van der Waals surface area contributed by atoms with Crippen LogP contribution in [0.25, 0.3) is 11.1 Å². The second-order valence-electron chi connectivity index (χ2n) is 3.75. The van der Waals surface area contributed by atoms with Crippen molar-refractivity contribution >= 4 is 6.29 Å². The number of hydrogen-bond acceptors (Lipinski definition) is 2. The van der Waals surface area contributed by atoms with Crippen molar-refractivity contribution in [1.29, 1.82) is 0 Å². The average molecular weight is 269 g/mol. The maximum Gasteiger partial charge on any atom is 0.417 e. The van der Waals surface area contributed by atoms with Gasteiger partial charge in [0.05, 0.1) is 11.8 Å². The van der Waals surface area contributed by atoms with Crippen LogP contribution in [-0.2, 0) is 6.18 Å². The molecular weight excluding hydrogens is 262 g/mol. The largest absolute Gasteiger partial charge is 0.417 e. The van der Waals surface area contributed by atoms with Crippen molar-refractivity contribution in [3.63, 3.8) is 0 Å². The smallest absolute Gasteiger partial charge is 0.296 e. The minimum absolute atomic E-state index is 0.178. The normalized spacial score (nSPS) is 11.4. The molecule has 0 spiro atoms. The molecule has 6 heteroatoms. The second-order valence-corrected chi connectivity index (χ2v) is 3.75. The first-order valence-electron chi connectivity index (χ1n) is 5.21. The van der Waals surface area contributed by atoms with E-state index in [1.165, 1.54) is 18.2 Å². The molecule has 0 amide bonds. The number of rotatable bonds is 2. The number of nitrogens with zero attached hydrogens (tertiary/aromatic N) is 1. The van der Waals surface area contributed by atoms with E-state index in [4.69, 9.17) is 0 Å². The number of aromatic nitrogens is 1. The van der Waals surface area contributed by atoms with Crippen molar-refractivity contribution in [2.24, 2.45) is 0 Å². The number of alkyl halides is 3. The third-order valence-corrected chi connectivity index (χ3v) is 2.52. The highest BCUT2D eigenvalue weighted by molar-refractivity contribution is 5.86. The molecule has 98 valence electrons. The van der Waals surface area contributed by atoms with Gasteiger partial charge in [0.15, 0.2) is 6.29 Å². The number of aldehydes is 1. The van der Waals surface area contributed by atoms with Crippen molar-refractivity contribution in [1.82, 2.24) is 4.98 Å². The molecule has 0 saturated carbocycles. The molecule has 1 aromatic carbocycles. The van der Waals surface area contributed by atoms with Crippen LogP contribution < -0.4 is 0 Å².